The smallest absolute Gasteiger partial charge is 0.331 e. The lowest BCUT2D eigenvalue weighted by Gasteiger charge is -2.40. The van der Waals surface area contributed by atoms with Gasteiger partial charge in [-0.3, -0.25) is 9.89 Å². The van der Waals surface area contributed by atoms with Crippen molar-refractivity contribution in [2.75, 3.05) is 31.2 Å². The van der Waals surface area contributed by atoms with E-state index in [9.17, 15) is 9.59 Å². The van der Waals surface area contributed by atoms with Crippen LogP contribution in [-0.2, 0) is 9.53 Å². The number of esters is 1. The summed E-state index contributed by atoms with van der Waals surface area (Å²) >= 11 is 6.18. The number of piperidine rings is 1. The molecule has 0 aromatic carbocycles. The second-order valence-electron chi connectivity index (χ2n) is 9.93. The van der Waals surface area contributed by atoms with Crippen molar-refractivity contribution in [3.63, 3.8) is 0 Å². The Hall–Kier alpha value is -4.71. The predicted molar refractivity (Wildman–Crippen MR) is 157 cm³/mol. The second-order valence-corrected chi connectivity index (χ2v) is 10.3. The monoisotopic (exact) mass is 588 g/mol. The minimum Gasteiger partial charge on any atom is -0.492 e. The van der Waals surface area contributed by atoms with Crippen LogP contribution in [0.25, 0.3) is 27.7 Å². The van der Waals surface area contributed by atoms with Crippen molar-refractivity contribution >= 4 is 45.8 Å². The highest BCUT2D eigenvalue weighted by Crippen LogP contribution is 2.34. The van der Waals surface area contributed by atoms with E-state index in [1.165, 1.54) is 6.20 Å². The molecule has 42 heavy (non-hydrogen) atoms. The molecule has 0 unspecified atom stereocenters. The Balaban J connectivity index is 1.24. The van der Waals surface area contributed by atoms with E-state index in [1.54, 1.807) is 29.8 Å². The first-order valence-corrected chi connectivity index (χ1v) is 14.1. The topological polar surface area (TPSA) is 140 Å². The molecular formula is C29H29ClN8O4. The standard InChI is InChI=1S/C29H29ClN8O4/c1-3-41-19-14-20(25-21-16-33-35-26(21)36-38(25)17-19)18-7-8-23(32-15-18)37-12-9-29(10-13-37,28(40)42-4-2)34-27(39)24-22(30)6-5-11-31-24/h5-8,11,14-17H,3-4,9-10,12-13H2,1-2H3,(H,34,39)(H,35,36). The molecule has 0 saturated carbocycles. The van der Waals surface area contributed by atoms with Crippen molar-refractivity contribution in [3.8, 4) is 16.9 Å². The summed E-state index contributed by atoms with van der Waals surface area (Å²) < 4.78 is 13.0. The van der Waals surface area contributed by atoms with Gasteiger partial charge < -0.3 is 19.7 Å². The van der Waals surface area contributed by atoms with Crippen molar-refractivity contribution in [3.05, 3.63) is 65.8 Å². The summed E-state index contributed by atoms with van der Waals surface area (Å²) in [5, 5.41) is 15.6. The fourth-order valence-electron chi connectivity index (χ4n) is 5.33. The number of pyridine rings is 3. The number of nitrogens with one attached hydrogen (secondary N) is 2. The van der Waals surface area contributed by atoms with Crippen LogP contribution in [0.15, 0.2) is 55.1 Å². The van der Waals surface area contributed by atoms with E-state index in [1.807, 2.05) is 37.5 Å². The highest BCUT2D eigenvalue weighted by molar-refractivity contribution is 6.33. The highest BCUT2D eigenvalue weighted by Gasteiger charge is 2.45. The number of carbonyl (C=O) groups excluding carboxylic acids is 2. The molecule has 5 aromatic heterocycles. The number of rotatable bonds is 8. The number of H-pyrrole nitrogens is 1. The summed E-state index contributed by atoms with van der Waals surface area (Å²) in [6.45, 7) is 5.36. The van der Waals surface area contributed by atoms with Crippen LogP contribution in [0.1, 0.15) is 37.2 Å². The summed E-state index contributed by atoms with van der Waals surface area (Å²) in [7, 11) is 0. The van der Waals surface area contributed by atoms with E-state index in [4.69, 9.17) is 26.1 Å². The van der Waals surface area contributed by atoms with Crippen LogP contribution in [0.4, 0.5) is 5.82 Å². The average Bonchev–Trinajstić information content (AvgIpc) is 3.59. The summed E-state index contributed by atoms with van der Waals surface area (Å²) in [5.41, 5.74) is 2.26. The van der Waals surface area contributed by atoms with Crippen molar-refractivity contribution in [1.82, 2.24) is 35.1 Å². The van der Waals surface area contributed by atoms with Crippen molar-refractivity contribution < 1.29 is 19.1 Å². The van der Waals surface area contributed by atoms with Gasteiger partial charge in [-0.15, -0.1) is 5.10 Å². The molecule has 1 saturated heterocycles. The molecule has 5 aromatic rings. The van der Waals surface area contributed by atoms with E-state index >= 15 is 0 Å². The molecule has 1 fully saturated rings. The maximum absolute atomic E-state index is 13.1. The van der Waals surface area contributed by atoms with Gasteiger partial charge in [0.25, 0.3) is 5.91 Å². The highest BCUT2D eigenvalue weighted by atomic mass is 35.5. The molecule has 13 heteroatoms. The fraction of sp³-hybridized carbons (Fsp3) is 0.310. The van der Waals surface area contributed by atoms with Crippen LogP contribution in [0, 0.1) is 0 Å². The maximum Gasteiger partial charge on any atom is 0.331 e. The number of ether oxygens (including phenoxy) is 2. The quantitative estimate of drug-likeness (QED) is 0.257. The first kappa shape index (κ1) is 27.5. The SMILES string of the molecule is CCOC(=O)C1(NC(=O)c2ncccc2Cl)CCN(c2ccc(-c3cc(OCC)cn4nc5[nH]ncc5c34)cn2)CC1. The molecule has 0 radical (unpaired) electrons. The number of anilines is 1. The van der Waals surface area contributed by atoms with Crippen LogP contribution in [0.3, 0.4) is 0 Å². The van der Waals surface area contributed by atoms with E-state index in [2.05, 4.69) is 30.5 Å². The number of aromatic nitrogens is 6. The number of nitrogens with zero attached hydrogens (tertiary/aromatic N) is 6. The molecule has 216 valence electrons. The zero-order valence-electron chi connectivity index (χ0n) is 23.1. The first-order chi connectivity index (χ1) is 20.4. The number of aromatic amines is 1. The van der Waals surface area contributed by atoms with Gasteiger partial charge in [0.2, 0.25) is 0 Å². The summed E-state index contributed by atoms with van der Waals surface area (Å²) in [6.07, 6.45) is 7.57. The van der Waals surface area contributed by atoms with E-state index in [0.29, 0.717) is 43.9 Å². The molecule has 0 atom stereocenters. The van der Waals surface area contributed by atoms with Gasteiger partial charge in [-0.05, 0) is 57.0 Å². The Morgan fingerprint density at radius 2 is 1.95 bits per heavy atom. The Bertz CT molecular complexity index is 1760. The maximum atomic E-state index is 13.1. The van der Waals surface area contributed by atoms with Crippen molar-refractivity contribution in [1.29, 1.82) is 0 Å². The van der Waals surface area contributed by atoms with Crippen LogP contribution in [0.5, 0.6) is 5.75 Å². The zero-order valence-corrected chi connectivity index (χ0v) is 23.9. The van der Waals surface area contributed by atoms with Crippen LogP contribution < -0.4 is 15.0 Å². The fourth-order valence-corrected chi connectivity index (χ4v) is 5.54. The number of fused-ring (bicyclic) bond motifs is 3. The molecule has 1 aliphatic rings. The number of amides is 1. The van der Waals surface area contributed by atoms with Crippen molar-refractivity contribution in [2.24, 2.45) is 0 Å². The Morgan fingerprint density at radius 1 is 1.12 bits per heavy atom. The molecular weight excluding hydrogens is 560 g/mol. The van der Waals surface area contributed by atoms with E-state index < -0.39 is 17.4 Å². The Labute approximate surface area is 246 Å². The number of halogens is 1. The minimum atomic E-state index is -1.20. The molecule has 12 nitrogen and oxygen atoms in total. The number of hydrogen-bond donors (Lipinski definition) is 2. The van der Waals surface area contributed by atoms with E-state index in [0.717, 1.165) is 27.8 Å². The Kier molecular flexibility index (Phi) is 7.38. The molecule has 1 amide bonds. The molecule has 2 N–H and O–H groups in total. The Morgan fingerprint density at radius 3 is 2.67 bits per heavy atom. The second kappa shape index (κ2) is 11.3. The molecule has 0 bridgehead atoms. The third-order valence-electron chi connectivity index (χ3n) is 7.41. The molecule has 1 aliphatic heterocycles. The van der Waals surface area contributed by atoms with Crippen LogP contribution in [0.2, 0.25) is 5.02 Å². The molecule has 6 heterocycles. The van der Waals surface area contributed by atoms with Crippen molar-refractivity contribution in [2.45, 2.75) is 32.2 Å². The lowest BCUT2D eigenvalue weighted by atomic mass is 9.87. The van der Waals surface area contributed by atoms with Gasteiger partial charge in [-0.2, -0.15) is 5.10 Å². The largest absolute Gasteiger partial charge is 0.492 e. The van der Waals surface area contributed by atoms with Gasteiger partial charge in [0.1, 0.15) is 22.8 Å². The first-order valence-electron chi connectivity index (χ1n) is 13.7. The lowest BCUT2D eigenvalue weighted by Crippen LogP contribution is -2.61. The molecule has 6 rings (SSSR count). The lowest BCUT2D eigenvalue weighted by molar-refractivity contribution is -0.151. The normalized spacial score (nSPS) is 14.7. The molecule has 0 spiro atoms. The van der Waals surface area contributed by atoms with Gasteiger partial charge in [-0.25, -0.2) is 19.3 Å². The number of hydrogen-bond acceptors (Lipinski definition) is 9. The zero-order chi connectivity index (χ0) is 29.3. The minimum absolute atomic E-state index is 0.0657. The summed E-state index contributed by atoms with van der Waals surface area (Å²) in [6, 6.07) is 9.16. The van der Waals surface area contributed by atoms with Gasteiger partial charge >= 0.3 is 5.97 Å². The predicted octanol–water partition coefficient (Wildman–Crippen LogP) is 4.05. The third kappa shape index (κ3) is 4.98. The van der Waals surface area contributed by atoms with E-state index in [-0.39, 0.29) is 17.3 Å². The van der Waals surface area contributed by atoms with Crippen LogP contribution >= 0.6 is 11.6 Å². The van der Waals surface area contributed by atoms with Crippen LogP contribution in [-0.4, -0.2) is 73.5 Å². The van der Waals surface area contributed by atoms with Gasteiger partial charge in [0, 0.05) is 36.6 Å². The summed E-state index contributed by atoms with van der Waals surface area (Å²) in [5.74, 6) is 0.464. The average molecular weight is 589 g/mol. The van der Waals surface area contributed by atoms with Gasteiger partial charge in [-0.1, -0.05) is 11.6 Å². The third-order valence-corrected chi connectivity index (χ3v) is 7.71. The molecule has 0 aliphatic carbocycles. The van der Waals surface area contributed by atoms with Gasteiger partial charge in [0.15, 0.2) is 5.65 Å². The number of carbonyl (C=O) groups is 2. The van der Waals surface area contributed by atoms with Gasteiger partial charge in [0.05, 0.1) is 41.5 Å². The summed E-state index contributed by atoms with van der Waals surface area (Å²) in [4.78, 5) is 37.1.